The second kappa shape index (κ2) is 16.1. The number of nitrogens with one attached hydrogen (secondary N) is 1. The maximum atomic E-state index is 12.0. The van der Waals surface area contributed by atoms with E-state index in [1.54, 1.807) is 34.6 Å². The van der Waals surface area contributed by atoms with Crippen LogP contribution in [-0.4, -0.2) is 62.6 Å². The van der Waals surface area contributed by atoms with Gasteiger partial charge >= 0.3 is 30.2 Å². The highest BCUT2D eigenvalue weighted by Crippen LogP contribution is 2.27. The Balaban J connectivity index is 0. The molecule has 0 saturated heterocycles. The van der Waals surface area contributed by atoms with E-state index in [1.165, 1.54) is 6.92 Å². The molecule has 1 amide bonds. The zero-order valence-electron chi connectivity index (χ0n) is 22.4. The van der Waals surface area contributed by atoms with Gasteiger partial charge in [0.15, 0.2) is 6.10 Å². The van der Waals surface area contributed by atoms with Gasteiger partial charge in [-0.15, -0.1) is 0 Å². The summed E-state index contributed by atoms with van der Waals surface area (Å²) in [5, 5.41) is 2.40. The van der Waals surface area contributed by atoms with Crippen LogP contribution >= 0.6 is 0 Å². The average molecular weight is 528 g/mol. The molecule has 0 bridgehead atoms. The number of carbonyl (C=O) groups excluding carboxylic acids is 4. The summed E-state index contributed by atoms with van der Waals surface area (Å²) in [6.07, 6.45) is -6.09. The van der Waals surface area contributed by atoms with Gasteiger partial charge in [0.1, 0.15) is 19.8 Å². The molecule has 1 atom stereocenters. The van der Waals surface area contributed by atoms with Crippen LogP contribution in [0, 0.1) is 10.8 Å². The summed E-state index contributed by atoms with van der Waals surface area (Å²) in [7, 11) is 0. The van der Waals surface area contributed by atoms with E-state index < -0.39 is 41.1 Å². The SMILES string of the molecule is C=C(C)C(=O)OCCNC(=O)OCCOC(=O)C(C)(C)CC.CCC(C)(C)C(=O)OC(C)C(F)(F)F. The molecule has 0 aliphatic rings. The minimum absolute atomic E-state index is 0.000325. The number of hydrogen-bond donors (Lipinski definition) is 1. The standard InChI is InChI=1S/C15H25NO6.C9H15F3O2/c1-6-15(4,5)13(18)21-9-10-22-14(19)16-7-8-20-12(17)11(2)3;1-5-8(3,4)7(13)14-6(2)9(10,11)12/h2,6-10H2,1,3-5H3,(H,16,19);6H,5H2,1-4H3. The van der Waals surface area contributed by atoms with Crippen LogP contribution < -0.4 is 5.32 Å². The van der Waals surface area contributed by atoms with Crippen LogP contribution in [0.15, 0.2) is 12.2 Å². The van der Waals surface area contributed by atoms with Crippen molar-refractivity contribution >= 4 is 24.0 Å². The Hall–Kier alpha value is -2.79. The number of alkyl carbamates (subject to hydrolysis) is 1. The van der Waals surface area contributed by atoms with Gasteiger partial charge < -0.3 is 24.3 Å². The Bertz CT molecular complexity index is 748. The van der Waals surface area contributed by atoms with E-state index in [0.717, 1.165) is 6.92 Å². The largest absolute Gasteiger partial charge is 0.462 e. The summed E-state index contributed by atoms with van der Waals surface area (Å²) in [6.45, 7) is 16.2. The van der Waals surface area contributed by atoms with Crippen LogP contribution in [0.25, 0.3) is 0 Å². The Morgan fingerprint density at radius 3 is 1.75 bits per heavy atom. The molecular formula is C24H40F3NO8. The van der Waals surface area contributed by atoms with Crippen molar-refractivity contribution in [1.82, 2.24) is 5.32 Å². The Morgan fingerprint density at radius 1 is 0.833 bits per heavy atom. The van der Waals surface area contributed by atoms with Gasteiger partial charge in [-0.05, 0) is 54.4 Å². The fraction of sp³-hybridized carbons (Fsp3) is 0.750. The van der Waals surface area contributed by atoms with Crippen molar-refractivity contribution in [3.8, 4) is 0 Å². The molecule has 9 nitrogen and oxygen atoms in total. The highest BCUT2D eigenvalue weighted by atomic mass is 19.4. The topological polar surface area (TPSA) is 117 Å². The van der Waals surface area contributed by atoms with Crippen molar-refractivity contribution < 1.29 is 51.3 Å². The first-order chi connectivity index (χ1) is 16.3. The number of amides is 1. The number of rotatable bonds is 12. The van der Waals surface area contributed by atoms with Gasteiger partial charge in [0.2, 0.25) is 0 Å². The zero-order valence-corrected chi connectivity index (χ0v) is 22.4. The fourth-order valence-electron chi connectivity index (χ4n) is 1.61. The number of carbonyl (C=O) groups is 4. The van der Waals surface area contributed by atoms with Gasteiger partial charge in [0.05, 0.1) is 17.4 Å². The third-order valence-corrected chi connectivity index (χ3v) is 5.12. The monoisotopic (exact) mass is 527 g/mol. The second-order valence-corrected chi connectivity index (χ2v) is 9.18. The molecule has 210 valence electrons. The van der Waals surface area contributed by atoms with E-state index >= 15 is 0 Å². The molecule has 12 heteroatoms. The maximum Gasteiger partial charge on any atom is 0.425 e. The summed E-state index contributed by atoms with van der Waals surface area (Å²) >= 11 is 0. The van der Waals surface area contributed by atoms with Gasteiger partial charge in [0.25, 0.3) is 0 Å². The molecule has 36 heavy (non-hydrogen) atoms. The Kier molecular flexibility index (Phi) is 15.8. The predicted octanol–water partition coefficient (Wildman–Crippen LogP) is 4.73. The zero-order chi connectivity index (χ0) is 28.7. The third-order valence-electron chi connectivity index (χ3n) is 5.12. The van der Waals surface area contributed by atoms with E-state index in [2.05, 4.69) is 16.6 Å². The van der Waals surface area contributed by atoms with Crippen molar-refractivity contribution in [3.63, 3.8) is 0 Å². The van der Waals surface area contributed by atoms with Gasteiger partial charge in [-0.25, -0.2) is 9.59 Å². The lowest BCUT2D eigenvalue weighted by molar-refractivity contribution is -0.221. The van der Waals surface area contributed by atoms with E-state index in [0.29, 0.717) is 18.4 Å². The molecule has 0 fully saturated rings. The molecule has 0 aliphatic heterocycles. The molecule has 0 saturated carbocycles. The van der Waals surface area contributed by atoms with Crippen molar-refractivity contribution in [2.75, 3.05) is 26.4 Å². The molecule has 1 unspecified atom stereocenters. The fourth-order valence-corrected chi connectivity index (χ4v) is 1.61. The molecule has 0 aromatic heterocycles. The van der Waals surface area contributed by atoms with Crippen LogP contribution in [-0.2, 0) is 33.3 Å². The lowest BCUT2D eigenvalue weighted by atomic mass is 9.90. The van der Waals surface area contributed by atoms with Gasteiger partial charge in [-0.1, -0.05) is 20.4 Å². The van der Waals surface area contributed by atoms with Gasteiger partial charge in [0, 0.05) is 5.57 Å². The van der Waals surface area contributed by atoms with Gasteiger partial charge in [-0.3, -0.25) is 9.59 Å². The molecule has 0 aromatic rings. The van der Waals surface area contributed by atoms with Crippen LogP contribution in [0.4, 0.5) is 18.0 Å². The minimum atomic E-state index is -4.49. The van der Waals surface area contributed by atoms with Crippen LogP contribution in [0.1, 0.15) is 68.2 Å². The number of esters is 3. The summed E-state index contributed by atoms with van der Waals surface area (Å²) < 4.78 is 55.0. The van der Waals surface area contributed by atoms with Crippen LogP contribution in [0.3, 0.4) is 0 Å². The van der Waals surface area contributed by atoms with E-state index in [4.69, 9.17) is 14.2 Å². The maximum absolute atomic E-state index is 12.0. The second-order valence-electron chi connectivity index (χ2n) is 9.18. The molecule has 0 aliphatic carbocycles. The molecule has 0 heterocycles. The number of halogens is 3. The first kappa shape index (κ1) is 35.4. The van der Waals surface area contributed by atoms with Crippen LogP contribution in [0.5, 0.6) is 0 Å². The van der Waals surface area contributed by atoms with E-state index in [-0.39, 0.29) is 32.3 Å². The lowest BCUT2D eigenvalue weighted by Gasteiger charge is -2.24. The van der Waals surface area contributed by atoms with Crippen molar-refractivity contribution in [2.45, 2.75) is 80.5 Å². The molecule has 0 radical (unpaired) electrons. The first-order valence-electron chi connectivity index (χ1n) is 11.5. The quantitative estimate of drug-likeness (QED) is 0.168. The van der Waals surface area contributed by atoms with Crippen molar-refractivity contribution in [3.05, 3.63) is 12.2 Å². The van der Waals surface area contributed by atoms with E-state index in [9.17, 15) is 32.3 Å². The summed E-state index contributed by atoms with van der Waals surface area (Å²) in [5.41, 5.74) is -1.12. The normalized spacial score (nSPS) is 12.3. The van der Waals surface area contributed by atoms with Crippen molar-refractivity contribution in [1.29, 1.82) is 0 Å². The molecule has 1 N–H and O–H groups in total. The van der Waals surface area contributed by atoms with E-state index in [1.807, 2.05) is 6.92 Å². The average Bonchev–Trinajstić information content (AvgIpc) is 2.78. The summed E-state index contributed by atoms with van der Waals surface area (Å²) in [4.78, 5) is 45.2. The number of ether oxygens (including phenoxy) is 4. The number of hydrogen-bond acceptors (Lipinski definition) is 8. The Labute approximate surface area is 211 Å². The lowest BCUT2D eigenvalue weighted by Crippen LogP contribution is -2.36. The first-order valence-corrected chi connectivity index (χ1v) is 11.5. The summed E-state index contributed by atoms with van der Waals surface area (Å²) in [5.74, 6) is -1.66. The minimum Gasteiger partial charge on any atom is -0.462 e. The summed E-state index contributed by atoms with van der Waals surface area (Å²) in [6, 6.07) is 0. The van der Waals surface area contributed by atoms with Gasteiger partial charge in [-0.2, -0.15) is 13.2 Å². The Morgan fingerprint density at radius 2 is 1.31 bits per heavy atom. The van der Waals surface area contributed by atoms with Crippen LogP contribution in [0.2, 0.25) is 0 Å². The molecule has 0 rings (SSSR count). The molecular weight excluding hydrogens is 487 g/mol. The third kappa shape index (κ3) is 15.3. The molecule has 0 aromatic carbocycles. The smallest absolute Gasteiger partial charge is 0.425 e. The molecule has 0 spiro atoms. The highest BCUT2D eigenvalue weighted by molar-refractivity contribution is 5.86. The number of alkyl halides is 3. The highest BCUT2D eigenvalue weighted by Gasteiger charge is 2.41. The predicted molar refractivity (Wildman–Crippen MR) is 126 cm³/mol. The van der Waals surface area contributed by atoms with Crippen molar-refractivity contribution in [2.24, 2.45) is 10.8 Å².